The molecule has 2 aromatic rings. The van der Waals surface area contributed by atoms with Crippen LogP contribution in [0.1, 0.15) is 42.0 Å². The lowest BCUT2D eigenvalue weighted by atomic mass is 9.70. The van der Waals surface area contributed by atoms with Gasteiger partial charge in [-0.2, -0.15) is 11.3 Å². The van der Waals surface area contributed by atoms with Crippen LogP contribution in [-0.2, 0) is 19.1 Å². The van der Waals surface area contributed by atoms with E-state index in [1.165, 1.54) is 22.7 Å². The van der Waals surface area contributed by atoms with Gasteiger partial charge < -0.3 is 10.1 Å². The molecule has 2 aliphatic rings. The highest BCUT2D eigenvalue weighted by Crippen LogP contribution is 2.46. The van der Waals surface area contributed by atoms with E-state index in [1.807, 2.05) is 34.3 Å². The van der Waals surface area contributed by atoms with Crippen molar-refractivity contribution in [2.75, 3.05) is 6.61 Å². The fourth-order valence-electron chi connectivity index (χ4n) is 3.98. The molecule has 2 aromatic heterocycles. The number of thiophene rings is 2. The Morgan fingerprint density at radius 3 is 2.78 bits per heavy atom. The van der Waals surface area contributed by atoms with Gasteiger partial charge in [-0.3, -0.25) is 14.4 Å². The van der Waals surface area contributed by atoms with E-state index in [-0.39, 0.29) is 36.6 Å². The van der Waals surface area contributed by atoms with Crippen molar-refractivity contribution in [3.63, 3.8) is 0 Å². The molecule has 1 amide bonds. The highest BCUT2D eigenvalue weighted by molar-refractivity contribution is 7.10. The van der Waals surface area contributed by atoms with Crippen LogP contribution in [-0.4, -0.2) is 24.3 Å². The van der Waals surface area contributed by atoms with Gasteiger partial charge in [0, 0.05) is 34.4 Å². The lowest BCUT2D eigenvalue weighted by molar-refractivity contribution is -0.152. The standard InChI is InChI=1S/C20H19NO4S2/c1-2-25-20(24)18-13(15-4-3-6-27-15)8-14-17(19(18)23)12(9-16(22)21-14)11-5-7-26-10-11/h3-7,10,12-13,18H,2,8-9H2,1H3,(H,21,22)/t12-,13-,18-/m0/s1. The summed E-state index contributed by atoms with van der Waals surface area (Å²) in [5.41, 5.74) is 2.18. The molecule has 0 fully saturated rings. The summed E-state index contributed by atoms with van der Waals surface area (Å²) in [6.45, 7) is 1.97. The molecule has 0 aromatic carbocycles. The second kappa shape index (κ2) is 7.40. The number of allylic oxidation sites excluding steroid dienone is 2. The monoisotopic (exact) mass is 401 g/mol. The largest absolute Gasteiger partial charge is 0.465 e. The molecule has 0 bridgehead atoms. The Balaban J connectivity index is 1.80. The molecule has 5 nitrogen and oxygen atoms in total. The number of carbonyl (C=O) groups is 3. The van der Waals surface area contributed by atoms with E-state index in [1.54, 1.807) is 6.92 Å². The van der Waals surface area contributed by atoms with Crippen LogP contribution in [0, 0.1) is 5.92 Å². The van der Waals surface area contributed by atoms with E-state index < -0.39 is 11.9 Å². The van der Waals surface area contributed by atoms with Crippen LogP contribution in [0.5, 0.6) is 0 Å². The molecule has 1 aliphatic carbocycles. The van der Waals surface area contributed by atoms with Gasteiger partial charge in [-0.1, -0.05) is 6.07 Å². The number of hydrogen-bond acceptors (Lipinski definition) is 6. The normalized spacial score (nSPS) is 25.1. The minimum atomic E-state index is -0.863. The second-order valence-electron chi connectivity index (χ2n) is 6.67. The van der Waals surface area contributed by atoms with E-state index >= 15 is 0 Å². The maximum Gasteiger partial charge on any atom is 0.317 e. The first kappa shape index (κ1) is 18.1. The molecule has 1 N–H and O–H groups in total. The van der Waals surface area contributed by atoms with Crippen LogP contribution in [0.15, 0.2) is 45.6 Å². The predicted octanol–water partition coefficient (Wildman–Crippen LogP) is 3.60. The molecule has 3 atom stereocenters. The van der Waals surface area contributed by atoms with E-state index in [9.17, 15) is 14.4 Å². The van der Waals surface area contributed by atoms with Gasteiger partial charge in [0.25, 0.3) is 0 Å². The zero-order valence-electron chi connectivity index (χ0n) is 14.8. The Hall–Kier alpha value is -2.25. The summed E-state index contributed by atoms with van der Waals surface area (Å²) < 4.78 is 5.24. The Kier molecular flexibility index (Phi) is 4.97. The lowest BCUT2D eigenvalue weighted by Crippen LogP contribution is -2.44. The summed E-state index contributed by atoms with van der Waals surface area (Å²) >= 11 is 3.05. The summed E-state index contributed by atoms with van der Waals surface area (Å²) in [5, 5.41) is 8.73. The fraction of sp³-hybridized carbons (Fsp3) is 0.350. The number of Topliss-reactive ketones (excluding diaryl/α,β-unsaturated/α-hetero) is 1. The highest BCUT2D eigenvalue weighted by Gasteiger charge is 2.48. The summed E-state index contributed by atoms with van der Waals surface area (Å²) in [5.74, 6) is -2.25. The third-order valence-electron chi connectivity index (χ3n) is 5.12. The number of hydrogen-bond donors (Lipinski definition) is 1. The second-order valence-corrected chi connectivity index (χ2v) is 8.43. The van der Waals surface area contributed by atoms with Crippen LogP contribution >= 0.6 is 22.7 Å². The van der Waals surface area contributed by atoms with Gasteiger partial charge in [0.05, 0.1) is 6.61 Å². The average Bonchev–Trinajstić information content (AvgIpc) is 3.34. The molecule has 1 aliphatic heterocycles. The summed E-state index contributed by atoms with van der Waals surface area (Å²) in [6.07, 6.45) is 0.679. The van der Waals surface area contributed by atoms with E-state index in [0.717, 1.165) is 10.4 Å². The quantitative estimate of drug-likeness (QED) is 0.628. The molecule has 0 saturated heterocycles. The minimum Gasteiger partial charge on any atom is -0.465 e. The SMILES string of the molecule is CCOC(=O)[C@@H]1C(=O)C2=C(C[C@H]1c1cccs1)NC(=O)C[C@H]2c1ccsc1. The van der Waals surface area contributed by atoms with Crippen molar-refractivity contribution in [3.8, 4) is 0 Å². The van der Waals surface area contributed by atoms with E-state index in [4.69, 9.17) is 4.74 Å². The summed E-state index contributed by atoms with van der Waals surface area (Å²) in [4.78, 5) is 39.4. The van der Waals surface area contributed by atoms with Crippen molar-refractivity contribution in [2.45, 2.75) is 31.6 Å². The van der Waals surface area contributed by atoms with Gasteiger partial charge in [0.15, 0.2) is 5.78 Å². The van der Waals surface area contributed by atoms with E-state index in [0.29, 0.717) is 17.7 Å². The van der Waals surface area contributed by atoms with Crippen molar-refractivity contribution in [1.29, 1.82) is 0 Å². The summed E-state index contributed by atoms with van der Waals surface area (Å²) in [7, 11) is 0. The third kappa shape index (κ3) is 3.26. The van der Waals surface area contributed by atoms with Gasteiger partial charge in [0.2, 0.25) is 5.91 Å². The van der Waals surface area contributed by atoms with Gasteiger partial charge in [0.1, 0.15) is 5.92 Å². The maximum absolute atomic E-state index is 13.5. The van der Waals surface area contributed by atoms with Gasteiger partial charge in [-0.15, -0.1) is 11.3 Å². The Morgan fingerprint density at radius 1 is 1.26 bits per heavy atom. The van der Waals surface area contributed by atoms with Crippen LogP contribution in [0.3, 0.4) is 0 Å². The maximum atomic E-state index is 13.5. The Morgan fingerprint density at radius 2 is 2.11 bits per heavy atom. The number of nitrogens with one attached hydrogen (secondary N) is 1. The number of carbonyl (C=O) groups excluding carboxylic acids is 3. The van der Waals surface area contributed by atoms with Crippen molar-refractivity contribution < 1.29 is 19.1 Å². The Labute approximate surface area is 165 Å². The van der Waals surface area contributed by atoms with Gasteiger partial charge >= 0.3 is 5.97 Å². The first-order chi connectivity index (χ1) is 13.1. The zero-order valence-corrected chi connectivity index (χ0v) is 16.4. The van der Waals surface area contributed by atoms with E-state index in [2.05, 4.69) is 5.32 Å². The number of rotatable bonds is 4. The molecule has 0 spiro atoms. The van der Waals surface area contributed by atoms with Crippen LogP contribution in [0.2, 0.25) is 0 Å². The first-order valence-electron chi connectivity index (χ1n) is 8.89. The number of esters is 1. The lowest BCUT2D eigenvalue weighted by Gasteiger charge is -2.37. The average molecular weight is 402 g/mol. The van der Waals surface area contributed by atoms with Gasteiger partial charge in [-0.25, -0.2) is 0 Å². The van der Waals surface area contributed by atoms with Crippen molar-refractivity contribution in [2.24, 2.45) is 5.92 Å². The Bertz CT molecular complexity index is 899. The number of amides is 1. The molecule has 0 unspecified atom stereocenters. The zero-order chi connectivity index (χ0) is 19.0. The molecular weight excluding hydrogens is 382 g/mol. The van der Waals surface area contributed by atoms with Gasteiger partial charge in [-0.05, 0) is 47.2 Å². The summed E-state index contributed by atoms with van der Waals surface area (Å²) in [6, 6.07) is 5.78. The highest BCUT2D eigenvalue weighted by atomic mass is 32.1. The van der Waals surface area contributed by atoms with Crippen molar-refractivity contribution >= 4 is 40.3 Å². The number of ether oxygens (including phenoxy) is 1. The fourth-order valence-corrected chi connectivity index (χ4v) is 5.56. The molecular formula is C20H19NO4S2. The minimum absolute atomic E-state index is 0.0859. The molecule has 27 heavy (non-hydrogen) atoms. The van der Waals surface area contributed by atoms with Crippen LogP contribution < -0.4 is 5.32 Å². The topological polar surface area (TPSA) is 72.5 Å². The van der Waals surface area contributed by atoms with Crippen LogP contribution in [0.4, 0.5) is 0 Å². The molecule has 140 valence electrons. The smallest absolute Gasteiger partial charge is 0.317 e. The first-order valence-corrected chi connectivity index (χ1v) is 10.7. The molecule has 7 heteroatoms. The van der Waals surface area contributed by atoms with Crippen molar-refractivity contribution in [1.82, 2.24) is 5.32 Å². The number of ketones is 1. The molecule has 4 rings (SSSR count). The molecule has 3 heterocycles. The van der Waals surface area contributed by atoms with Crippen molar-refractivity contribution in [3.05, 3.63) is 56.1 Å². The van der Waals surface area contributed by atoms with Crippen LogP contribution in [0.25, 0.3) is 0 Å². The predicted molar refractivity (Wildman–Crippen MR) is 104 cm³/mol. The third-order valence-corrected chi connectivity index (χ3v) is 6.83. The molecule has 0 radical (unpaired) electrons. The molecule has 0 saturated carbocycles.